The summed E-state index contributed by atoms with van der Waals surface area (Å²) in [4.78, 5) is 50.3. The highest BCUT2D eigenvalue weighted by Gasteiger charge is 2.45. The lowest BCUT2D eigenvalue weighted by molar-refractivity contribution is -0.136. The van der Waals surface area contributed by atoms with Crippen LogP contribution in [0.3, 0.4) is 0 Å². The second kappa shape index (κ2) is 6.80. The van der Waals surface area contributed by atoms with Crippen LogP contribution in [0, 0.1) is 0 Å². The summed E-state index contributed by atoms with van der Waals surface area (Å²) in [5.74, 6) is -2.04. The third kappa shape index (κ3) is 2.98. The molecule has 1 unspecified atom stereocenters. The van der Waals surface area contributed by atoms with Crippen molar-refractivity contribution in [2.75, 3.05) is 11.1 Å². The average molecular weight is 378 g/mol. The van der Waals surface area contributed by atoms with Crippen LogP contribution in [0.15, 0.2) is 42.5 Å². The number of piperidine rings is 1. The number of nitrogens with two attached hydrogens (primary N) is 1. The summed E-state index contributed by atoms with van der Waals surface area (Å²) < 4.78 is 0. The molecule has 1 saturated heterocycles. The molecular formula is C20H18N4O4. The summed E-state index contributed by atoms with van der Waals surface area (Å²) in [7, 11) is 0. The average Bonchev–Trinajstić information content (AvgIpc) is 2.93. The van der Waals surface area contributed by atoms with Crippen molar-refractivity contribution in [2.24, 2.45) is 0 Å². The van der Waals surface area contributed by atoms with Crippen molar-refractivity contribution in [3.63, 3.8) is 0 Å². The van der Waals surface area contributed by atoms with Gasteiger partial charge in [0.2, 0.25) is 11.8 Å². The minimum atomic E-state index is -0.969. The Morgan fingerprint density at radius 3 is 2.50 bits per heavy atom. The summed E-state index contributed by atoms with van der Waals surface area (Å²) in [6, 6.07) is 11.2. The van der Waals surface area contributed by atoms with E-state index in [4.69, 9.17) is 5.73 Å². The van der Waals surface area contributed by atoms with Crippen molar-refractivity contribution >= 4 is 35.0 Å². The molecule has 2 aliphatic heterocycles. The molecule has 0 aromatic heterocycles. The third-order valence-corrected chi connectivity index (χ3v) is 4.95. The van der Waals surface area contributed by atoms with Crippen LogP contribution in [0.5, 0.6) is 0 Å². The summed E-state index contributed by atoms with van der Waals surface area (Å²) in [6.45, 7) is 0.329. The molecular weight excluding hydrogens is 360 g/mol. The van der Waals surface area contributed by atoms with E-state index < -0.39 is 29.7 Å². The molecule has 4 rings (SSSR count). The second-order valence-corrected chi connectivity index (χ2v) is 6.76. The number of benzene rings is 2. The number of nitrogen functional groups attached to an aromatic ring is 1. The lowest BCUT2D eigenvalue weighted by atomic mass is 10.0. The zero-order chi connectivity index (χ0) is 19.8. The van der Waals surface area contributed by atoms with Crippen molar-refractivity contribution in [3.05, 3.63) is 59.2 Å². The Morgan fingerprint density at radius 1 is 1.04 bits per heavy atom. The highest BCUT2D eigenvalue weighted by Crippen LogP contribution is 2.30. The number of amides is 4. The van der Waals surface area contributed by atoms with Crippen molar-refractivity contribution in [2.45, 2.75) is 25.4 Å². The maximum absolute atomic E-state index is 13.0. The first-order valence-electron chi connectivity index (χ1n) is 8.88. The second-order valence-electron chi connectivity index (χ2n) is 6.76. The van der Waals surface area contributed by atoms with Gasteiger partial charge in [0.25, 0.3) is 11.8 Å². The molecule has 2 heterocycles. The van der Waals surface area contributed by atoms with Crippen LogP contribution >= 0.6 is 0 Å². The van der Waals surface area contributed by atoms with E-state index in [9.17, 15) is 19.2 Å². The lowest BCUT2D eigenvalue weighted by Crippen LogP contribution is -2.54. The van der Waals surface area contributed by atoms with Crippen LogP contribution in [-0.4, -0.2) is 34.6 Å². The summed E-state index contributed by atoms with van der Waals surface area (Å²) in [5, 5.41) is 5.39. The van der Waals surface area contributed by atoms with Crippen LogP contribution in [0.25, 0.3) is 0 Å². The van der Waals surface area contributed by atoms with Gasteiger partial charge in [0, 0.05) is 24.3 Å². The van der Waals surface area contributed by atoms with Crippen LogP contribution in [-0.2, 0) is 16.1 Å². The van der Waals surface area contributed by atoms with E-state index in [1.165, 1.54) is 0 Å². The van der Waals surface area contributed by atoms with Gasteiger partial charge in [-0.15, -0.1) is 0 Å². The highest BCUT2D eigenvalue weighted by atomic mass is 16.2. The molecule has 1 atom stereocenters. The Morgan fingerprint density at radius 2 is 1.79 bits per heavy atom. The zero-order valence-corrected chi connectivity index (χ0v) is 14.9. The molecule has 2 aromatic carbocycles. The number of rotatable bonds is 4. The minimum Gasteiger partial charge on any atom is -0.399 e. The smallest absolute Gasteiger partial charge is 0.262 e. The van der Waals surface area contributed by atoms with Crippen molar-refractivity contribution < 1.29 is 19.2 Å². The number of fused-ring (bicyclic) bond motifs is 1. The number of hydrogen-bond acceptors (Lipinski definition) is 6. The number of nitrogens with one attached hydrogen (secondary N) is 2. The van der Waals surface area contributed by atoms with Crippen LogP contribution < -0.4 is 16.4 Å². The van der Waals surface area contributed by atoms with Crippen LogP contribution in [0.4, 0.5) is 11.4 Å². The van der Waals surface area contributed by atoms with E-state index in [1.807, 2.05) is 12.1 Å². The Hall–Kier alpha value is -3.68. The van der Waals surface area contributed by atoms with Gasteiger partial charge in [0.1, 0.15) is 6.04 Å². The standard InChI is InChI=1S/C20H18N4O4/c21-12-4-6-13(7-5-12)22-10-11-2-1-3-14-17(11)20(28)24(19(14)27)15-8-9-16(25)23-18(15)26/h1-7,15,22H,8-10,21H2,(H,23,25,26). The monoisotopic (exact) mass is 378 g/mol. The highest BCUT2D eigenvalue weighted by molar-refractivity contribution is 6.24. The fourth-order valence-corrected chi connectivity index (χ4v) is 3.53. The van der Waals surface area contributed by atoms with Gasteiger partial charge in [0.05, 0.1) is 11.1 Å². The molecule has 28 heavy (non-hydrogen) atoms. The first-order chi connectivity index (χ1) is 13.5. The number of imide groups is 2. The molecule has 0 aliphatic carbocycles. The number of carbonyl (C=O) groups is 4. The Balaban J connectivity index is 1.59. The number of anilines is 2. The fraction of sp³-hybridized carbons (Fsp3) is 0.200. The van der Waals surface area contributed by atoms with Gasteiger partial charge in [-0.3, -0.25) is 29.4 Å². The van der Waals surface area contributed by atoms with Gasteiger partial charge in [-0.25, -0.2) is 0 Å². The molecule has 2 aromatic rings. The Kier molecular flexibility index (Phi) is 4.31. The van der Waals surface area contributed by atoms with Gasteiger partial charge < -0.3 is 11.1 Å². The maximum atomic E-state index is 13.0. The lowest BCUT2D eigenvalue weighted by Gasteiger charge is -2.27. The van der Waals surface area contributed by atoms with E-state index in [-0.39, 0.29) is 18.4 Å². The summed E-state index contributed by atoms with van der Waals surface area (Å²) in [6.07, 6.45) is 0.227. The Labute approximate surface area is 160 Å². The van der Waals surface area contributed by atoms with Gasteiger partial charge in [-0.2, -0.15) is 0 Å². The van der Waals surface area contributed by atoms with E-state index in [2.05, 4.69) is 10.6 Å². The first kappa shape index (κ1) is 17.7. The SMILES string of the molecule is Nc1ccc(NCc2cccc3c2C(=O)N(C2CCC(=O)NC2=O)C3=O)cc1. The molecule has 8 nitrogen and oxygen atoms in total. The Bertz CT molecular complexity index is 1000. The molecule has 4 N–H and O–H groups in total. The van der Waals surface area contributed by atoms with Gasteiger partial charge in [-0.1, -0.05) is 12.1 Å². The molecule has 0 saturated carbocycles. The zero-order valence-electron chi connectivity index (χ0n) is 14.9. The van der Waals surface area contributed by atoms with Gasteiger partial charge in [-0.05, 0) is 42.3 Å². The number of nitrogens with zero attached hydrogens (tertiary/aromatic N) is 1. The fourth-order valence-electron chi connectivity index (χ4n) is 3.53. The molecule has 4 amide bonds. The minimum absolute atomic E-state index is 0.0926. The topological polar surface area (TPSA) is 122 Å². The largest absolute Gasteiger partial charge is 0.399 e. The van der Waals surface area contributed by atoms with E-state index in [0.717, 1.165) is 10.6 Å². The van der Waals surface area contributed by atoms with Crippen LogP contribution in [0.2, 0.25) is 0 Å². The molecule has 1 fully saturated rings. The molecule has 2 aliphatic rings. The quantitative estimate of drug-likeness (QED) is 0.544. The van der Waals surface area contributed by atoms with Crippen LogP contribution in [0.1, 0.15) is 39.1 Å². The number of carbonyl (C=O) groups excluding carboxylic acids is 4. The summed E-state index contributed by atoms with van der Waals surface area (Å²) >= 11 is 0. The number of hydrogen-bond donors (Lipinski definition) is 3. The third-order valence-electron chi connectivity index (χ3n) is 4.95. The van der Waals surface area contributed by atoms with Gasteiger partial charge in [0.15, 0.2) is 0 Å². The predicted molar refractivity (Wildman–Crippen MR) is 101 cm³/mol. The molecule has 0 bridgehead atoms. The summed E-state index contributed by atoms with van der Waals surface area (Å²) in [5.41, 5.74) is 8.36. The van der Waals surface area contributed by atoms with Crippen molar-refractivity contribution in [3.8, 4) is 0 Å². The molecule has 0 spiro atoms. The van der Waals surface area contributed by atoms with E-state index in [1.54, 1.807) is 30.3 Å². The first-order valence-corrected chi connectivity index (χ1v) is 8.88. The molecule has 8 heteroatoms. The maximum Gasteiger partial charge on any atom is 0.262 e. The molecule has 0 radical (unpaired) electrons. The van der Waals surface area contributed by atoms with Gasteiger partial charge >= 0.3 is 0 Å². The normalized spacial score (nSPS) is 18.9. The van der Waals surface area contributed by atoms with Crippen molar-refractivity contribution in [1.82, 2.24) is 10.2 Å². The van der Waals surface area contributed by atoms with E-state index in [0.29, 0.717) is 23.4 Å². The van der Waals surface area contributed by atoms with Crippen molar-refractivity contribution in [1.29, 1.82) is 0 Å². The van der Waals surface area contributed by atoms with E-state index >= 15 is 0 Å². The molecule has 142 valence electrons. The predicted octanol–water partition coefficient (Wildman–Crippen LogP) is 1.28.